The third-order valence-electron chi connectivity index (χ3n) is 4.44. The molecule has 1 aliphatic heterocycles. The third kappa shape index (κ3) is 3.84. The number of nitrogens with zero attached hydrogens (tertiary/aromatic N) is 1. The molecular weight excluding hydrogens is 292 g/mol. The largest absolute Gasteiger partial charge is 0.481 e. The fraction of sp³-hybridized carbons (Fsp3) is 0.556. The smallest absolute Gasteiger partial charge is 0.264 e. The summed E-state index contributed by atoms with van der Waals surface area (Å²) >= 11 is 0. The molecule has 1 aromatic carbocycles. The normalized spacial score (nSPS) is 21.8. The lowest BCUT2D eigenvalue weighted by atomic mass is 10.2. The standard InChI is InChI=1S/C18H24N2O3/c1-12-5-9-15(10-6-12)23-13(2)18(22)20-11-3-4-16(20)17(21)19-14-7-8-14/h5-6,9-10,13-14,16H,3-4,7-8,11H2,1-2H3,(H,19,21)/t13-,16+/m0/s1. The summed E-state index contributed by atoms with van der Waals surface area (Å²) in [7, 11) is 0. The Bertz CT molecular complexity index is 580. The molecule has 2 amide bonds. The van der Waals surface area contributed by atoms with E-state index < -0.39 is 6.10 Å². The molecular formula is C18H24N2O3. The van der Waals surface area contributed by atoms with Gasteiger partial charge in [-0.15, -0.1) is 0 Å². The summed E-state index contributed by atoms with van der Waals surface area (Å²) in [6.45, 7) is 4.38. The minimum Gasteiger partial charge on any atom is -0.481 e. The summed E-state index contributed by atoms with van der Waals surface area (Å²) in [6, 6.07) is 7.61. The van der Waals surface area contributed by atoms with Crippen molar-refractivity contribution in [2.45, 2.75) is 57.7 Å². The molecule has 2 aliphatic rings. The van der Waals surface area contributed by atoms with Gasteiger partial charge in [0.05, 0.1) is 0 Å². The molecule has 2 atom stereocenters. The fourth-order valence-corrected chi connectivity index (χ4v) is 2.93. The minimum atomic E-state index is -0.591. The zero-order valence-corrected chi connectivity index (χ0v) is 13.7. The van der Waals surface area contributed by atoms with Crippen LogP contribution in [0.3, 0.4) is 0 Å². The lowest BCUT2D eigenvalue weighted by Gasteiger charge is -2.27. The van der Waals surface area contributed by atoms with Gasteiger partial charge >= 0.3 is 0 Å². The Morgan fingerprint density at radius 3 is 2.57 bits per heavy atom. The van der Waals surface area contributed by atoms with Crippen LogP contribution in [0.15, 0.2) is 24.3 Å². The lowest BCUT2D eigenvalue weighted by Crippen LogP contribution is -2.50. The molecule has 5 heteroatoms. The molecule has 3 rings (SSSR count). The molecule has 0 spiro atoms. The van der Waals surface area contributed by atoms with Crippen molar-refractivity contribution in [1.82, 2.24) is 10.2 Å². The van der Waals surface area contributed by atoms with Gasteiger partial charge in [0, 0.05) is 12.6 Å². The van der Waals surface area contributed by atoms with E-state index in [0.29, 0.717) is 18.3 Å². The van der Waals surface area contributed by atoms with Gasteiger partial charge in [0.15, 0.2) is 6.10 Å². The Labute approximate surface area is 137 Å². The van der Waals surface area contributed by atoms with Gasteiger partial charge in [-0.2, -0.15) is 0 Å². The predicted molar refractivity (Wildman–Crippen MR) is 87.2 cm³/mol. The summed E-state index contributed by atoms with van der Waals surface area (Å²) < 4.78 is 5.74. The van der Waals surface area contributed by atoms with E-state index in [1.165, 1.54) is 0 Å². The first-order chi connectivity index (χ1) is 11.0. The van der Waals surface area contributed by atoms with Crippen LogP contribution >= 0.6 is 0 Å². The van der Waals surface area contributed by atoms with Gasteiger partial charge in [-0.3, -0.25) is 9.59 Å². The summed E-state index contributed by atoms with van der Waals surface area (Å²) in [5, 5.41) is 3.00. The van der Waals surface area contributed by atoms with E-state index in [0.717, 1.165) is 31.2 Å². The number of hydrogen-bond acceptors (Lipinski definition) is 3. The van der Waals surface area contributed by atoms with Crippen LogP contribution in [0.5, 0.6) is 5.75 Å². The summed E-state index contributed by atoms with van der Waals surface area (Å²) in [5.41, 5.74) is 1.15. The van der Waals surface area contributed by atoms with Crippen molar-refractivity contribution in [2.24, 2.45) is 0 Å². The van der Waals surface area contributed by atoms with Crippen molar-refractivity contribution >= 4 is 11.8 Å². The Morgan fingerprint density at radius 2 is 1.91 bits per heavy atom. The molecule has 1 aliphatic carbocycles. The maximum Gasteiger partial charge on any atom is 0.264 e. The highest BCUT2D eigenvalue weighted by Gasteiger charge is 2.38. The van der Waals surface area contributed by atoms with E-state index in [-0.39, 0.29) is 17.9 Å². The van der Waals surface area contributed by atoms with Crippen LogP contribution in [0.4, 0.5) is 0 Å². The number of carbonyl (C=O) groups is 2. The first kappa shape index (κ1) is 15.8. The van der Waals surface area contributed by atoms with Crippen LogP contribution in [0.1, 0.15) is 38.2 Å². The van der Waals surface area contributed by atoms with Gasteiger partial charge in [-0.1, -0.05) is 17.7 Å². The van der Waals surface area contributed by atoms with Crippen LogP contribution in [0, 0.1) is 6.92 Å². The number of likely N-dealkylation sites (tertiary alicyclic amines) is 1. The van der Waals surface area contributed by atoms with E-state index in [1.54, 1.807) is 11.8 Å². The van der Waals surface area contributed by atoms with E-state index >= 15 is 0 Å². The van der Waals surface area contributed by atoms with Crippen LogP contribution in [0.2, 0.25) is 0 Å². The van der Waals surface area contributed by atoms with Crippen molar-refractivity contribution in [3.8, 4) is 5.75 Å². The monoisotopic (exact) mass is 316 g/mol. The van der Waals surface area contributed by atoms with Crippen LogP contribution in [0.25, 0.3) is 0 Å². The summed E-state index contributed by atoms with van der Waals surface area (Å²) in [4.78, 5) is 26.6. The zero-order chi connectivity index (χ0) is 16.4. The Hall–Kier alpha value is -2.04. The molecule has 0 radical (unpaired) electrons. The van der Waals surface area contributed by atoms with E-state index in [9.17, 15) is 9.59 Å². The number of hydrogen-bond donors (Lipinski definition) is 1. The lowest BCUT2D eigenvalue weighted by molar-refractivity contribution is -0.143. The highest BCUT2D eigenvalue weighted by Crippen LogP contribution is 2.23. The number of aryl methyl sites for hydroxylation is 1. The van der Waals surface area contributed by atoms with Gasteiger partial charge in [0.2, 0.25) is 5.91 Å². The second-order valence-corrected chi connectivity index (χ2v) is 6.55. The second kappa shape index (κ2) is 6.60. The topological polar surface area (TPSA) is 58.6 Å². The number of amides is 2. The second-order valence-electron chi connectivity index (χ2n) is 6.55. The molecule has 0 aromatic heterocycles. The van der Waals surface area contributed by atoms with Crippen LogP contribution < -0.4 is 10.1 Å². The fourth-order valence-electron chi connectivity index (χ4n) is 2.93. The minimum absolute atomic E-state index is 0.0131. The number of benzene rings is 1. The number of carbonyl (C=O) groups excluding carboxylic acids is 2. The van der Waals surface area contributed by atoms with E-state index in [1.807, 2.05) is 31.2 Å². The highest BCUT2D eigenvalue weighted by molar-refractivity contribution is 5.90. The van der Waals surface area contributed by atoms with Crippen molar-refractivity contribution < 1.29 is 14.3 Å². The molecule has 0 bridgehead atoms. The Morgan fingerprint density at radius 1 is 1.22 bits per heavy atom. The molecule has 1 aromatic rings. The summed E-state index contributed by atoms with van der Waals surface area (Å²) in [6.07, 6.45) is 3.12. The van der Waals surface area contributed by atoms with Gasteiger partial charge in [-0.25, -0.2) is 0 Å². The van der Waals surface area contributed by atoms with Crippen LogP contribution in [-0.2, 0) is 9.59 Å². The molecule has 1 saturated carbocycles. The summed E-state index contributed by atoms with van der Waals surface area (Å²) in [5.74, 6) is 0.550. The predicted octanol–water partition coefficient (Wildman–Crippen LogP) is 2.03. The molecule has 5 nitrogen and oxygen atoms in total. The van der Waals surface area contributed by atoms with E-state index in [4.69, 9.17) is 4.74 Å². The van der Waals surface area contributed by atoms with Crippen LogP contribution in [-0.4, -0.2) is 41.4 Å². The zero-order valence-electron chi connectivity index (χ0n) is 13.7. The number of nitrogens with one attached hydrogen (secondary N) is 1. The molecule has 23 heavy (non-hydrogen) atoms. The molecule has 1 saturated heterocycles. The molecule has 1 N–H and O–H groups in total. The molecule has 0 unspecified atom stereocenters. The van der Waals surface area contributed by atoms with E-state index in [2.05, 4.69) is 5.32 Å². The average Bonchev–Trinajstić information content (AvgIpc) is 3.21. The first-order valence-electron chi connectivity index (χ1n) is 8.39. The van der Waals surface area contributed by atoms with Gasteiger partial charge in [0.1, 0.15) is 11.8 Å². The van der Waals surface area contributed by atoms with Gasteiger partial charge in [-0.05, 0) is 51.7 Å². The molecule has 1 heterocycles. The Balaban J connectivity index is 1.60. The highest BCUT2D eigenvalue weighted by atomic mass is 16.5. The number of ether oxygens (including phenoxy) is 1. The maximum absolute atomic E-state index is 12.7. The molecule has 2 fully saturated rings. The van der Waals surface area contributed by atoms with Crippen molar-refractivity contribution in [3.05, 3.63) is 29.8 Å². The molecule has 124 valence electrons. The maximum atomic E-state index is 12.7. The van der Waals surface area contributed by atoms with Crippen molar-refractivity contribution in [1.29, 1.82) is 0 Å². The van der Waals surface area contributed by atoms with Gasteiger partial charge < -0.3 is 15.0 Å². The quantitative estimate of drug-likeness (QED) is 0.904. The van der Waals surface area contributed by atoms with Crippen molar-refractivity contribution in [3.63, 3.8) is 0 Å². The van der Waals surface area contributed by atoms with Gasteiger partial charge in [0.25, 0.3) is 5.91 Å². The first-order valence-corrected chi connectivity index (χ1v) is 8.39. The Kier molecular flexibility index (Phi) is 4.55. The number of rotatable bonds is 5. The average molecular weight is 316 g/mol. The third-order valence-corrected chi connectivity index (χ3v) is 4.44. The SMILES string of the molecule is Cc1ccc(O[C@@H](C)C(=O)N2CCC[C@@H]2C(=O)NC2CC2)cc1. The van der Waals surface area contributed by atoms with Crippen molar-refractivity contribution in [2.75, 3.05) is 6.54 Å².